The summed E-state index contributed by atoms with van der Waals surface area (Å²) in [4.78, 5) is 13.7. The van der Waals surface area contributed by atoms with Crippen molar-refractivity contribution < 1.29 is 9.53 Å². The van der Waals surface area contributed by atoms with E-state index in [9.17, 15) is 4.79 Å². The Kier molecular flexibility index (Phi) is 4.92. The standard InChI is InChI=1S/C21H19O2PS2/c1-23-21(22)19-14-24(25)17(12-18(19)15-8-4-2-5-9-15)13-20(26-24)16-10-6-3-7-11-16/h2-13,18-19H,14H2,1H3. The van der Waals surface area contributed by atoms with Gasteiger partial charge in [0.2, 0.25) is 0 Å². The first-order valence-corrected chi connectivity index (χ1v) is 12.9. The van der Waals surface area contributed by atoms with E-state index in [1.807, 2.05) is 36.4 Å². The van der Waals surface area contributed by atoms with E-state index in [-0.39, 0.29) is 17.8 Å². The van der Waals surface area contributed by atoms with Crippen molar-refractivity contribution in [3.05, 3.63) is 89.3 Å². The summed E-state index contributed by atoms with van der Waals surface area (Å²) < 4.78 is 5.12. The van der Waals surface area contributed by atoms with Gasteiger partial charge in [-0.25, -0.2) is 0 Å². The van der Waals surface area contributed by atoms with Crippen molar-refractivity contribution in [2.75, 3.05) is 13.3 Å². The van der Waals surface area contributed by atoms with E-state index < -0.39 is 5.24 Å². The second kappa shape index (κ2) is 7.19. The van der Waals surface area contributed by atoms with E-state index in [2.05, 4.69) is 36.4 Å². The number of carbonyl (C=O) groups excluding carboxylic acids is 1. The molecule has 4 rings (SSSR count). The van der Waals surface area contributed by atoms with Crippen molar-refractivity contribution in [2.24, 2.45) is 5.92 Å². The fourth-order valence-corrected chi connectivity index (χ4v) is 10.7. The van der Waals surface area contributed by atoms with Crippen LogP contribution in [0.4, 0.5) is 0 Å². The predicted molar refractivity (Wildman–Crippen MR) is 114 cm³/mol. The minimum atomic E-state index is -1.86. The van der Waals surface area contributed by atoms with Crippen LogP contribution in [-0.4, -0.2) is 19.2 Å². The molecular weight excluding hydrogens is 379 g/mol. The van der Waals surface area contributed by atoms with E-state index in [1.165, 1.54) is 22.9 Å². The second-order valence-corrected chi connectivity index (χ2v) is 14.3. The Morgan fingerprint density at radius 1 is 1.12 bits per heavy atom. The van der Waals surface area contributed by atoms with Crippen molar-refractivity contribution in [1.29, 1.82) is 0 Å². The topological polar surface area (TPSA) is 26.3 Å². The first kappa shape index (κ1) is 17.8. The Bertz CT molecular complexity index is 935. The first-order valence-electron chi connectivity index (χ1n) is 8.52. The summed E-state index contributed by atoms with van der Waals surface area (Å²) in [6.07, 6.45) is 5.17. The largest absolute Gasteiger partial charge is 0.469 e. The van der Waals surface area contributed by atoms with Crippen LogP contribution in [0.25, 0.3) is 4.91 Å². The van der Waals surface area contributed by atoms with Gasteiger partial charge in [-0.2, -0.15) is 0 Å². The monoisotopic (exact) mass is 398 g/mol. The summed E-state index contributed by atoms with van der Waals surface area (Å²) in [5.41, 5.74) is 2.34. The average Bonchev–Trinajstić information content (AvgIpc) is 3.04. The number of esters is 1. The molecule has 132 valence electrons. The minimum absolute atomic E-state index is 0.0155. The molecule has 2 aromatic carbocycles. The molecule has 26 heavy (non-hydrogen) atoms. The highest BCUT2D eigenvalue weighted by molar-refractivity contribution is 8.76. The summed E-state index contributed by atoms with van der Waals surface area (Å²) >= 11 is 7.90. The molecule has 3 atom stereocenters. The third-order valence-electron chi connectivity index (χ3n) is 4.89. The van der Waals surface area contributed by atoms with Gasteiger partial charge in [0.15, 0.2) is 0 Å². The lowest BCUT2D eigenvalue weighted by Gasteiger charge is -2.33. The molecule has 0 N–H and O–H groups in total. The zero-order chi connectivity index (χ0) is 18.1. The van der Waals surface area contributed by atoms with Crippen LogP contribution in [0, 0.1) is 5.92 Å². The molecule has 2 aromatic rings. The van der Waals surface area contributed by atoms with Gasteiger partial charge in [-0.15, -0.1) is 0 Å². The second-order valence-electron chi connectivity index (χ2n) is 6.48. The Labute approximate surface area is 163 Å². The fourth-order valence-electron chi connectivity index (χ4n) is 3.56. The number of hydrogen-bond acceptors (Lipinski definition) is 4. The van der Waals surface area contributed by atoms with Gasteiger partial charge in [0.25, 0.3) is 0 Å². The Hall–Kier alpha value is -1.61. The van der Waals surface area contributed by atoms with Crippen LogP contribution < -0.4 is 0 Å². The van der Waals surface area contributed by atoms with Gasteiger partial charge < -0.3 is 4.74 Å². The zero-order valence-electron chi connectivity index (χ0n) is 14.4. The van der Waals surface area contributed by atoms with Crippen LogP contribution in [0.15, 0.2) is 78.1 Å². The van der Waals surface area contributed by atoms with Gasteiger partial charge in [0.05, 0.1) is 13.0 Å². The molecule has 0 saturated heterocycles. The maximum atomic E-state index is 12.5. The molecule has 2 heterocycles. The molecule has 0 aliphatic carbocycles. The number of carbonyl (C=O) groups is 1. The van der Waals surface area contributed by atoms with Crippen LogP contribution in [0.5, 0.6) is 0 Å². The Morgan fingerprint density at radius 2 is 1.77 bits per heavy atom. The number of ether oxygens (including phenoxy) is 1. The van der Waals surface area contributed by atoms with Crippen molar-refractivity contribution in [3.63, 3.8) is 0 Å². The van der Waals surface area contributed by atoms with Crippen LogP contribution in [0.3, 0.4) is 0 Å². The summed E-state index contributed by atoms with van der Waals surface area (Å²) in [6.45, 7) is 0. The average molecular weight is 398 g/mol. The Balaban J connectivity index is 1.77. The minimum Gasteiger partial charge on any atom is -0.469 e. The lowest BCUT2D eigenvalue weighted by atomic mass is 9.86. The molecule has 0 spiro atoms. The van der Waals surface area contributed by atoms with Crippen LogP contribution in [0.2, 0.25) is 0 Å². The van der Waals surface area contributed by atoms with Gasteiger partial charge in [0.1, 0.15) is 0 Å². The van der Waals surface area contributed by atoms with Crippen molar-refractivity contribution in [3.8, 4) is 0 Å². The van der Waals surface area contributed by atoms with Crippen LogP contribution in [-0.2, 0) is 21.3 Å². The molecule has 0 amide bonds. The maximum Gasteiger partial charge on any atom is 0.310 e. The van der Waals surface area contributed by atoms with Crippen molar-refractivity contribution in [2.45, 2.75) is 5.92 Å². The molecule has 0 saturated carbocycles. The lowest BCUT2D eigenvalue weighted by molar-refractivity contribution is -0.145. The van der Waals surface area contributed by atoms with E-state index >= 15 is 0 Å². The molecule has 0 bridgehead atoms. The highest BCUT2D eigenvalue weighted by Crippen LogP contribution is 2.77. The first-order chi connectivity index (χ1) is 12.6. The van der Waals surface area contributed by atoms with Crippen molar-refractivity contribution >= 4 is 39.3 Å². The summed E-state index contributed by atoms with van der Waals surface area (Å²) in [6, 6.07) is 20.5. The highest BCUT2D eigenvalue weighted by atomic mass is 32.9. The number of allylic oxidation sites excluding steroid dienone is 3. The number of benzene rings is 2. The molecule has 2 aliphatic heterocycles. The zero-order valence-corrected chi connectivity index (χ0v) is 16.9. The summed E-state index contributed by atoms with van der Waals surface area (Å²) in [5.74, 6) is -0.359. The Morgan fingerprint density at radius 3 is 2.42 bits per heavy atom. The fraction of sp³-hybridized carbons (Fsp3) is 0.190. The quantitative estimate of drug-likeness (QED) is 0.494. The SMILES string of the molecule is COC(=O)C1CP2(=S)SC(c3ccccc3)=CC2=CC1c1ccccc1. The lowest BCUT2D eigenvalue weighted by Crippen LogP contribution is -2.28. The van der Waals surface area contributed by atoms with Gasteiger partial charge in [0, 0.05) is 22.2 Å². The molecule has 5 heteroatoms. The van der Waals surface area contributed by atoms with Crippen molar-refractivity contribution in [1.82, 2.24) is 0 Å². The van der Waals surface area contributed by atoms with E-state index in [4.69, 9.17) is 16.5 Å². The van der Waals surface area contributed by atoms with Gasteiger partial charge in [-0.05, 0) is 22.5 Å². The molecule has 0 aromatic heterocycles. The molecule has 2 aliphatic rings. The van der Waals surface area contributed by atoms with Gasteiger partial charge >= 0.3 is 5.97 Å². The molecule has 0 radical (unpaired) electrons. The van der Waals surface area contributed by atoms with E-state index in [0.29, 0.717) is 6.16 Å². The van der Waals surface area contributed by atoms with Gasteiger partial charge in [-0.3, -0.25) is 4.79 Å². The third-order valence-corrected chi connectivity index (χ3v) is 12.0. The molecule has 3 unspecified atom stereocenters. The van der Waals surface area contributed by atoms with E-state index in [0.717, 1.165) is 5.56 Å². The normalized spacial score (nSPS) is 27.3. The third kappa shape index (κ3) is 3.22. The highest BCUT2D eigenvalue weighted by Gasteiger charge is 2.43. The van der Waals surface area contributed by atoms with Crippen LogP contribution in [0.1, 0.15) is 17.0 Å². The molecule has 2 nitrogen and oxygen atoms in total. The number of methoxy groups -OCH3 is 1. The maximum absolute atomic E-state index is 12.5. The molecular formula is C21H19O2PS2. The van der Waals surface area contributed by atoms with Crippen LogP contribution >= 0.6 is 16.6 Å². The molecule has 0 fully saturated rings. The number of hydrogen-bond donors (Lipinski definition) is 0. The van der Waals surface area contributed by atoms with Gasteiger partial charge in [-0.1, -0.05) is 89.9 Å². The predicted octanol–water partition coefficient (Wildman–Crippen LogP) is 5.64. The smallest absolute Gasteiger partial charge is 0.310 e. The van der Waals surface area contributed by atoms with E-state index in [1.54, 1.807) is 11.4 Å². The summed E-state index contributed by atoms with van der Waals surface area (Å²) in [5, 5.41) is -0.618. The number of fused-ring (bicyclic) bond motifs is 1. The number of rotatable bonds is 3. The summed E-state index contributed by atoms with van der Waals surface area (Å²) in [7, 11) is 1.47.